The van der Waals surface area contributed by atoms with Gasteiger partial charge in [0.15, 0.2) is 13.1 Å². The summed E-state index contributed by atoms with van der Waals surface area (Å²) in [5.74, 6) is -0.258. The van der Waals surface area contributed by atoms with E-state index in [4.69, 9.17) is 14.1 Å². The lowest BCUT2D eigenvalue weighted by atomic mass is 10.00. The fourth-order valence-electron chi connectivity index (χ4n) is 6.14. The molecular weight excluding hydrogens is 568 g/mol. The van der Waals surface area contributed by atoms with Crippen LogP contribution in [-0.4, -0.2) is 47.1 Å². The molecule has 220 valence electrons. The number of nitrogens with zero attached hydrogens (tertiary/aromatic N) is 3. The van der Waals surface area contributed by atoms with Crippen molar-refractivity contribution < 1.29 is 27.8 Å². The third kappa shape index (κ3) is 3.97. The van der Waals surface area contributed by atoms with Crippen molar-refractivity contribution >= 4 is 33.5 Å². The summed E-state index contributed by atoms with van der Waals surface area (Å²) in [6, 6.07) is 19.7. The van der Waals surface area contributed by atoms with Crippen LogP contribution in [0.3, 0.4) is 0 Å². The van der Waals surface area contributed by atoms with Gasteiger partial charge >= 0.3 is 0 Å². The van der Waals surface area contributed by atoms with E-state index in [2.05, 4.69) is 10.6 Å². The van der Waals surface area contributed by atoms with E-state index in [0.717, 1.165) is 0 Å². The molecule has 9 nitrogen and oxygen atoms in total. The first-order valence-electron chi connectivity index (χ1n) is 14.1. The van der Waals surface area contributed by atoms with Crippen molar-refractivity contribution in [2.45, 2.75) is 13.1 Å². The maximum atomic E-state index is 14.7. The van der Waals surface area contributed by atoms with Gasteiger partial charge in [0.1, 0.15) is 34.4 Å². The Bertz CT molecular complexity index is 2120. The van der Waals surface area contributed by atoms with Crippen LogP contribution in [0.25, 0.3) is 55.8 Å². The summed E-state index contributed by atoms with van der Waals surface area (Å²) in [6.45, 7) is 1.28. The molecule has 6 aromatic rings. The quantitative estimate of drug-likeness (QED) is 0.250. The highest BCUT2D eigenvalue weighted by Gasteiger charge is 2.30. The van der Waals surface area contributed by atoms with Gasteiger partial charge < -0.3 is 29.0 Å². The van der Waals surface area contributed by atoms with Crippen LogP contribution in [-0.2, 0) is 6.73 Å². The van der Waals surface area contributed by atoms with Gasteiger partial charge in [-0.05, 0) is 60.7 Å². The first-order valence-corrected chi connectivity index (χ1v) is 14.1. The molecule has 0 aliphatic carbocycles. The highest BCUT2D eigenvalue weighted by Crippen LogP contribution is 2.44. The van der Waals surface area contributed by atoms with E-state index in [9.17, 15) is 18.7 Å². The van der Waals surface area contributed by atoms with Gasteiger partial charge in [0.2, 0.25) is 0 Å². The fraction of sp³-hybridized carbons (Fsp3) is 0.152. The first-order chi connectivity index (χ1) is 21.4. The average Bonchev–Trinajstić information content (AvgIpc) is 3.75. The lowest BCUT2D eigenvalue weighted by Gasteiger charge is -2.25. The fourth-order valence-corrected chi connectivity index (χ4v) is 6.14. The lowest BCUT2D eigenvalue weighted by molar-refractivity contribution is 0.0964. The van der Waals surface area contributed by atoms with Crippen molar-refractivity contribution in [1.29, 1.82) is 0 Å². The Kier molecular flexibility index (Phi) is 5.93. The summed E-state index contributed by atoms with van der Waals surface area (Å²) < 4.78 is 42.6. The number of rotatable bonds is 4. The van der Waals surface area contributed by atoms with E-state index in [-0.39, 0.29) is 18.5 Å². The predicted molar refractivity (Wildman–Crippen MR) is 161 cm³/mol. The molecule has 0 bridgehead atoms. The molecule has 2 aliphatic heterocycles. The number of aliphatic hydroxyl groups excluding tert-OH is 1. The van der Waals surface area contributed by atoms with Crippen LogP contribution >= 0.6 is 0 Å². The van der Waals surface area contributed by atoms with E-state index in [1.165, 1.54) is 25.2 Å². The van der Waals surface area contributed by atoms with Crippen LogP contribution in [0.15, 0.2) is 77.2 Å². The Balaban J connectivity index is 1.37. The largest absolute Gasteiger partial charge is 0.470 e. The molecule has 0 saturated carbocycles. The predicted octanol–water partition coefficient (Wildman–Crippen LogP) is 5.46. The molecule has 0 radical (unpaired) electrons. The third-order valence-corrected chi connectivity index (χ3v) is 8.27. The number of carbonyl (C=O) groups is 1. The molecule has 1 unspecified atom stereocenters. The molecule has 2 aliphatic rings. The Labute approximate surface area is 249 Å². The Hall–Kier alpha value is -5.26. The summed E-state index contributed by atoms with van der Waals surface area (Å²) in [5.41, 5.74) is 5.02. The number of benzene rings is 3. The van der Waals surface area contributed by atoms with Crippen LogP contribution in [0.4, 0.5) is 14.5 Å². The summed E-state index contributed by atoms with van der Waals surface area (Å²) in [5, 5.41) is 17.5. The Morgan fingerprint density at radius 2 is 1.91 bits per heavy atom. The molecule has 44 heavy (non-hydrogen) atoms. The zero-order chi connectivity index (χ0) is 30.1. The van der Waals surface area contributed by atoms with Gasteiger partial charge in [0, 0.05) is 48.1 Å². The molecule has 3 aromatic heterocycles. The molecule has 1 atom stereocenters. The van der Waals surface area contributed by atoms with Crippen LogP contribution in [0.5, 0.6) is 5.75 Å². The summed E-state index contributed by atoms with van der Waals surface area (Å²) >= 11 is 0. The second-order valence-corrected chi connectivity index (χ2v) is 10.7. The molecule has 1 fully saturated rings. The van der Waals surface area contributed by atoms with Crippen LogP contribution in [0.1, 0.15) is 10.4 Å². The number of anilines is 1. The molecule has 0 spiro atoms. The molecule has 1 saturated heterocycles. The Morgan fingerprint density at radius 3 is 2.68 bits per heavy atom. The lowest BCUT2D eigenvalue weighted by Crippen LogP contribution is -2.35. The van der Waals surface area contributed by atoms with Crippen molar-refractivity contribution in [3.05, 3.63) is 90.0 Å². The number of aromatic nitrogens is 2. The number of halogens is 2. The number of nitrogens with one attached hydrogen (secondary N) is 2. The molecule has 3 aromatic carbocycles. The number of fused-ring (bicyclic) bond motifs is 6. The zero-order valence-electron chi connectivity index (χ0n) is 23.4. The van der Waals surface area contributed by atoms with E-state index in [0.29, 0.717) is 85.9 Å². The van der Waals surface area contributed by atoms with Gasteiger partial charge in [0.05, 0.1) is 28.2 Å². The van der Waals surface area contributed by atoms with Crippen LogP contribution < -0.4 is 20.3 Å². The topological polar surface area (TPSA) is 105 Å². The number of pyridine rings is 1. The number of hydrogen-bond donors (Lipinski definition) is 3. The highest BCUT2D eigenvalue weighted by molar-refractivity contribution is 6.12. The van der Waals surface area contributed by atoms with Gasteiger partial charge in [-0.2, -0.15) is 0 Å². The number of furan rings is 1. The van der Waals surface area contributed by atoms with E-state index >= 15 is 0 Å². The minimum absolute atomic E-state index is 0.218. The van der Waals surface area contributed by atoms with Crippen molar-refractivity contribution in [2.24, 2.45) is 0 Å². The third-order valence-electron chi connectivity index (χ3n) is 8.27. The number of amides is 1. The maximum Gasteiger partial charge on any atom is 0.255 e. The van der Waals surface area contributed by atoms with E-state index in [1.807, 2.05) is 28.8 Å². The molecular formula is C33H25F2N5O4. The van der Waals surface area contributed by atoms with Crippen molar-refractivity contribution in [3.63, 3.8) is 0 Å². The van der Waals surface area contributed by atoms with Gasteiger partial charge in [0.25, 0.3) is 5.91 Å². The number of carbonyl (C=O) groups excluding carboxylic acids is 1. The van der Waals surface area contributed by atoms with Crippen LogP contribution in [0.2, 0.25) is 0 Å². The van der Waals surface area contributed by atoms with Crippen molar-refractivity contribution in [3.8, 4) is 39.7 Å². The SMILES string of the molecule is CNC(=O)c1c(-c2ccc(F)cc2)oc2cc(N3CCNC3O)c(-c3ccc4c(n3)-c3cc5c(F)cccc5n3CO4)cc12. The van der Waals surface area contributed by atoms with Crippen molar-refractivity contribution in [2.75, 3.05) is 25.0 Å². The minimum Gasteiger partial charge on any atom is -0.470 e. The van der Waals surface area contributed by atoms with Gasteiger partial charge in [-0.3, -0.25) is 10.1 Å². The van der Waals surface area contributed by atoms with E-state index in [1.54, 1.807) is 35.2 Å². The molecule has 5 heterocycles. The minimum atomic E-state index is -0.956. The molecule has 1 amide bonds. The summed E-state index contributed by atoms with van der Waals surface area (Å²) in [7, 11) is 1.53. The second-order valence-electron chi connectivity index (χ2n) is 10.7. The van der Waals surface area contributed by atoms with Gasteiger partial charge in [-0.1, -0.05) is 6.07 Å². The smallest absolute Gasteiger partial charge is 0.255 e. The first kappa shape index (κ1) is 26.4. The standard InChI is InChI=1S/C33H25F2N5O4/c1-36-32(41)29-21-13-20(23-9-10-27-30(38-23)26-14-19-22(35)3-2-4-24(19)40(26)16-43-27)25(39-12-11-37-33(39)42)15-28(21)44-31(29)17-5-7-18(34)8-6-17/h2-10,13-15,33,37,42H,11-12,16H2,1H3,(H,36,41). The van der Waals surface area contributed by atoms with Crippen LogP contribution in [0, 0.1) is 11.6 Å². The highest BCUT2D eigenvalue weighted by atomic mass is 19.1. The second kappa shape index (κ2) is 9.90. The average molecular weight is 594 g/mol. The normalized spacial score (nSPS) is 15.8. The van der Waals surface area contributed by atoms with Gasteiger partial charge in [-0.15, -0.1) is 0 Å². The molecule has 11 heteroatoms. The maximum absolute atomic E-state index is 14.7. The zero-order valence-corrected chi connectivity index (χ0v) is 23.4. The summed E-state index contributed by atoms with van der Waals surface area (Å²) in [4.78, 5) is 20.1. The molecule has 3 N–H and O–H groups in total. The molecule has 8 rings (SSSR count). The van der Waals surface area contributed by atoms with E-state index < -0.39 is 12.2 Å². The van der Waals surface area contributed by atoms with Crippen molar-refractivity contribution in [1.82, 2.24) is 20.2 Å². The summed E-state index contributed by atoms with van der Waals surface area (Å²) in [6.07, 6.45) is -0.956. The number of ether oxygens (including phenoxy) is 1. The Morgan fingerprint density at radius 1 is 1.07 bits per heavy atom. The monoisotopic (exact) mass is 593 g/mol. The number of aliphatic hydroxyl groups is 1. The number of hydrogen-bond acceptors (Lipinski definition) is 7. The van der Waals surface area contributed by atoms with Gasteiger partial charge in [-0.25, -0.2) is 13.8 Å².